The summed E-state index contributed by atoms with van der Waals surface area (Å²) in [5.74, 6) is -0.0704. The lowest BCUT2D eigenvalue weighted by molar-refractivity contribution is 0.0951. The highest BCUT2D eigenvalue weighted by Crippen LogP contribution is 2.29. The van der Waals surface area contributed by atoms with Gasteiger partial charge in [0, 0.05) is 42.5 Å². The molecule has 3 amide bonds. The molecule has 2 aliphatic carbocycles. The molecule has 1 heterocycles. The Balaban J connectivity index is 1.26. The van der Waals surface area contributed by atoms with Crippen molar-refractivity contribution in [1.82, 2.24) is 15.5 Å². The smallest absolute Gasteiger partial charge is 0.319 e. The van der Waals surface area contributed by atoms with Crippen molar-refractivity contribution in [2.24, 2.45) is 0 Å². The van der Waals surface area contributed by atoms with Crippen LogP contribution in [0.5, 0.6) is 0 Å². The number of benzene rings is 1. The van der Waals surface area contributed by atoms with E-state index in [1.165, 1.54) is 12.8 Å². The minimum Gasteiger partial charge on any atom is -0.349 e. The predicted molar refractivity (Wildman–Crippen MR) is 96.7 cm³/mol. The quantitative estimate of drug-likeness (QED) is 0.769. The second-order valence-electron chi connectivity index (χ2n) is 7.47. The first-order valence-electron chi connectivity index (χ1n) is 9.40. The zero-order valence-electron chi connectivity index (χ0n) is 14.5. The molecule has 134 valence electrons. The molecule has 3 aliphatic rings. The van der Waals surface area contributed by atoms with Crippen molar-refractivity contribution in [2.75, 3.05) is 18.4 Å². The average molecular weight is 342 g/mol. The Hall–Kier alpha value is -2.08. The first-order chi connectivity index (χ1) is 12.2. The van der Waals surface area contributed by atoms with Crippen LogP contribution in [0.4, 0.5) is 10.5 Å². The third-order valence-electron chi connectivity index (χ3n) is 5.22. The van der Waals surface area contributed by atoms with E-state index < -0.39 is 0 Å². The number of carbonyl (C=O) groups excluding carboxylic acids is 2. The fourth-order valence-corrected chi connectivity index (χ4v) is 3.44. The van der Waals surface area contributed by atoms with Gasteiger partial charge >= 0.3 is 6.03 Å². The minimum absolute atomic E-state index is 0.0704. The molecule has 0 spiro atoms. The Morgan fingerprint density at radius 2 is 1.64 bits per heavy atom. The molecule has 0 radical (unpaired) electrons. The number of urea groups is 1. The monoisotopic (exact) mass is 342 g/mol. The summed E-state index contributed by atoms with van der Waals surface area (Å²) in [5, 5.41) is 8.88. The van der Waals surface area contributed by atoms with Crippen molar-refractivity contribution in [3.8, 4) is 0 Å². The van der Waals surface area contributed by atoms with Crippen LogP contribution in [0.15, 0.2) is 24.3 Å². The fourth-order valence-electron chi connectivity index (χ4n) is 3.44. The van der Waals surface area contributed by atoms with Gasteiger partial charge in [-0.1, -0.05) is 6.07 Å². The topological polar surface area (TPSA) is 73.5 Å². The van der Waals surface area contributed by atoms with Crippen LogP contribution in [0.1, 0.15) is 48.9 Å². The highest BCUT2D eigenvalue weighted by molar-refractivity contribution is 5.97. The van der Waals surface area contributed by atoms with Gasteiger partial charge in [-0.15, -0.1) is 0 Å². The molecule has 3 N–H and O–H groups in total. The summed E-state index contributed by atoms with van der Waals surface area (Å²) in [7, 11) is 0. The second-order valence-corrected chi connectivity index (χ2v) is 7.47. The molecular formula is C19H26N4O2. The highest BCUT2D eigenvalue weighted by Gasteiger charge is 2.32. The molecule has 2 saturated carbocycles. The first kappa shape index (κ1) is 16.4. The number of rotatable bonds is 5. The van der Waals surface area contributed by atoms with E-state index in [0.717, 1.165) is 44.8 Å². The van der Waals surface area contributed by atoms with Crippen LogP contribution >= 0.6 is 0 Å². The summed E-state index contributed by atoms with van der Waals surface area (Å²) in [5.41, 5.74) is 1.24. The van der Waals surface area contributed by atoms with Gasteiger partial charge in [-0.3, -0.25) is 4.79 Å². The van der Waals surface area contributed by atoms with Crippen molar-refractivity contribution in [3.05, 3.63) is 29.8 Å². The lowest BCUT2D eigenvalue weighted by atomic mass is 10.1. The summed E-state index contributed by atoms with van der Waals surface area (Å²) in [6.07, 6.45) is 6.81. The molecule has 1 aromatic rings. The van der Waals surface area contributed by atoms with Crippen LogP contribution in [0.25, 0.3) is 0 Å². The summed E-state index contributed by atoms with van der Waals surface area (Å²) >= 11 is 0. The molecule has 3 fully saturated rings. The van der Waals surface area contributed by atoms with E-state index in [2.05, 4.69) is 20.9 Å². The summed E-state index contributed by atoms with van der Waals surface area (Å²) in [6, 6.07) is 8.28. The van der Waals surface area contributed by atoms with E-state index in [-0.39, 0.29) is 18.0 Å². The Labute approximate surface area is 148 Å². The van der Waals surface area contributed by atoms with Crippen molar-refractivity contribution in [2.45, 2.75) is 56.7 Å². The average Bonchev–Trinajstić information content (AvgIpc) is 3.50. The van der Waals surface area contributed by atoms with Gasteiger partial charge in [-0.05, 0) is 56.7 Å². The Morgan fingerprint density at radius 1 is 0.920 bits per heavy atom. The lowest BCUT2D eigenvalue weighted by Crippen LogP contribution is -2.46. The maximum Gasteiger partial charge on any atom is 0.319 e. The highest BCUT2D eigenvalue weighted by atomic mass is 16.2. The molecule has 1 aliphatic heterocycles. The number of nitrogens with zero attached hydrogens (tertiary/aromatic N) is 1. The van der Waals surface area contributed by atoms with Crippen LogP contribution in [0.3, 0.4) is 0 Å². The number of anilines is 1. The first-order valence-corrected chi connectivity index (χ1v) is 9.40. The van der Waals surface area contributed by atoms with Crippen molar-refractivity contribution in [1.29, 1.82) is 0 Å². The molecule has 0 aromatic heterocycles. The maximum absolute atomic E-state index is 12.2. The van der Waals surface area contributed by atoms with Gasteiger partial charge in [0.1, 0.15) is 0 Å². The van der Waals surface area contributed by atoms with Crippen LogP contribution < -0.4 is 16.0 Å². The Morgan fingerprint density at radius 3 is 2.32 bits per heavy atom. The number of nitrogens with one attached hydrogen (secondary N) is 3. The molecule has 0 unspecified atom stereocenters. The summed E-state index contributed by atoms with van der Waals surface area (Å²) in [4.78, 5) is 26.9. The van der Waals surface area contributed by atoms with Crippen molar-refractivity contribution < 1.29 is 9.59 Å². The second kappa shape index (κ2) is 7.04. The SMILES string of the molecule is O=C(Nc1cccc(C(=O)NC2CC2)c1)NC1CCN(C2CC2)CC1. The van der Waals surface area contributed by atoms with Crippen molar-refractivity contribution >= 4 is 17.6 Å². The van der Waals surface area contributed by atoms with Crippen LogP contribution in [-0.4, -0.2) is 48.1 Å². The number of carbonyl (C=O) groups is 2. The zero-order valence-corrected chi connectivity index (χ0v) is 14.5. The van der Waals surface area contributed by atoms with E-state index in [1.54, 1.807) is 18.2 Å². The standard InChI is InChI=1S/C19H26N4O2/c24-18(20-14-4-5-14)13-2-1-3-16(12-13)22-19(25)21-15-8-10-23(11-9-15)17-6-7-17/h1-3,12,14-15,17H,4-11H2,(H,20,24)(H2,21,22,25). The molecule has 6 nitrogen and oxygen atoms in total. The van der Waals surface area contributed by atoms with Crippen LogP contribution in [0, 0.1) is 0 Å². The van der Waals surface area contributed by atoms with E-state index in [1.807, 2.05) is 6.07 Å². The van der Waals surface area contributed by atoms with Crippen LogP contribution in [0.2, 0.25) is 0 Å². The normalized spacial score (nSPS) is 21.6. The van der Waals surface area contributed by atoms with E-state index >= 15 is 0 Å². The number of hydrogen-bond donors (Lipinski definition) is 3. The number of amides is 3. The number of likely N-dealkylation sites (tertiary alicyclic amines) is 1. The van der Waals surface area contributed by atoms with Gasteiger partial charge in [0.15, 0.2) is 0 Å². The fraction of sp³-hybridized carbons (Fsp3) is 0.579. The number of piperidine rings is 1. The lowest BCUT2D eigenvalue weighted by Gasteiger charge is -2.32. The molecule has 1 aromatic carbocycles. The third kappa shape index (κ3) is 4.51. The van der Waals surface area contributed by atoms with E-state index in [4.69, 9.17) is 0 Å². The van der Waals surface area contributed by atoms with Gasteiger partial charge in [0.25, 0.3) is 5.91 Å². The maximum atomic E-state index is 12.2. The zero-order chi connectivity index (χ0) is 17.2. The third-order valence-corrected chi connectivity index (χ3v) is 5.22. The molecule has 1 saturated heterocycles. The summed E-state index contributed by atoms with van der Waals surface area (Å²) < 4.78 is 0. The molecule has 0 bridgehead atoms. The van der Waals surface area contributed by atoms with Gasteiger partial charge in [0.05, 0.1) is 0 Å². The molecular weight excluding hydrogens is 316 g/mol. The van der Waals surface area contributed by atoms with E-state index in [9.17, 15) is 9.59 Å². The number of hydrogen-bond acceptors (Lipinski definition) is 3. The molecule has 4 rings (SSSR count). The minimum atomic E-state index is -0.190. The van der Waals surface area contributed by atoms with Gasteiger partial charge in [-0.2, -0.15) is 0 Å². The Kier molecular flexibility index (Phi) is 4.61. The molecule has 0 atom stereocenters. The van der Waals surface area contributed by atoms with Gasteiger partial charge in [-0.25, -0.2) is 4.79 Å². The van der Waals surface area contributed by atoms with Crippen molar-refractivity contribution in [3.63, 3.8) is 0 Å². The summed E-state index contributed by atoms with van der Waals surface area (Å²) in [6.45, 7) is 2.15. The molecule has 6 heteroatoms. The Bertz CT molecular complexity index is 647. The van der Waals surface area contributed by atoms with Gasteiger partial charge < -0.3 is 20.9 Å². The molecule has 25 heavy (non-hydrogen) atoms. The van der Waals surface area contributed by atoms with Crippen LogP contribution in [-0.2, 0) is 0 Å². The largest absolute Gasteiger partial charge is 0.349 e. The van der Waals surface area contributed by atoms with E-state index in [0.29, 0.717) is 17.3 Å². The van der Waals surface area contributed by atoms with Gasteiger partial charge in [0.2, 0.25) is 0 Å². The predicted octanol–water partition coefficient (Wildman–Crippen LogP) is 2.33.